The zero-order chi connectivity index (χ0) is 43.1. The molecule has 2 aliphatic rings. The van der Waals surface area contributed by atoms with Crippen LogP contribution >= 0.6 is 0 Å². The Morgan fingerprint density at radius 3 is 1.65 bits per heavy atom. The quantitative estimate of drug-likeness (QED) is 0.159. The van der Waals surface area contributed by atoms with E-state index >= 15 is 0 Å². The van der Waals surface area contributed by atoms with E-state index in [1.807, 2.05) is 6.07 Å². The van der Waals surface area contributed by atoms with Crippen molar-refractivity contribution in [1.29, 1.82) is 0 Å². The van der Waals surface area contributed by atoms with E-state index in [0.717, 1.165) is 50.1 Å². The van der Waals surface area contributed by atoms with Gasteiger partial charge in [-0.1, -0.05) is 200 Å². The van der Waals surface area contributed by atoms with Gasteiger partial charge in [0.15, 0.2) is 0 Å². The molecule has 0 saturated carbocycles. The van der Waals surface area contributed by atoms with Gasteiger partial charge in [-0.15, -0.1) is 0 Å². The number of furan rings is 1. The molecule has 2 heteroatoms. The second kappa shape index (κ2) is 14.4. The number of hydrogen-bond donors (Lipinski definition) is 0. The van der Waals surface area contributed by atoms with Gasteiger partial charge in [-0.05, 0) is 116 Å². The van der Waals surface area contributed by atoms with E-state index in [-0.39, 0.29) is 5.41 Å². The van der Waals surface area contributed by atoms with Gasteiger partial charge in [0.1, 0.15) is 11.2 Å². The summed E-state index contributed by atoms with van der Waals surface area (Å²) in [5, 5.41) is 2.27. The largest absolute Gasteiger partial charge is 0.456 e. The number of anilines is 3. The molecule has 11 aromatic rings. The van der Waals surface area contributed by atoms with Crippen molar-refractivity contribution in [3.05, 3.63) is 282 Å². The number of benzene rings is 10. The molecular formula is C63H43NO. The van der Waals surface area contributed by atoms with Gasteiger partial charge in [0.2, 0.25) is 0 Å². The van der Waals surface area contributed by atoms with Crippen molar-refractivity contribution >= 4 is 39.0 Å². The zero-order valence-electron chi connectivity index (χ0n) is 35.9. The van der Waals surface area contributed by atoms with Crippen LogP contribution in [0.15, 0.2) is 247 Å². The van der Waals surface area contributed by atoms with E-state index in [2.05, 4.69) is 248 Å². The predicted molar refractivity (Wildman–Crippen MR) is 269 cm³/mol. The first-order valence-corrected chi connectivity index (χ1v) is 22.6. The molecule has 0 radical (unpaired) electrons. The van der Waals surface area contributed by atoms with Crippen molar-refractivity contribution < 1.29 is 4.42 Å². The van der Waals surface area contributed by atoms with Crippen molar-refractivity contribution in [2.75, 3.05) is 4.90 Å². The van der Waals surface area contributed by atoms with Crippen LogP contribution in [0.1, 0.15) is 45.9 Å². The van der Waals surface area contributed by atoms with Gasteiger partial charge in [-0.25, -0.2) is 0 Å². The molecule has 0 fully saturated rings. The van der Waals surface area contributed by atoms with Gasteiger partial charge in [0, 0.05) is 33.1 Å². The highest BCUT2D eigenvalue weighted by Crippen LogP contribution is 2.60. The van der Waals surface area contributed by atoms with Crippen molar-refractivity contribution in [1.82, 2.24) is 0 Å². The standard InChI is InChI=1S/C63H43NO/c1-62(43-19-5-2-6-20-43)53-29-14-11-25-49(53)52-41-47(39-40-54(52)62)64(46-37-35-42(36-38-46)48-28-17-34-59-60(48)51-27-13-16-33-58(51)65-59)57-32-18-31-56-61(57)50-26-12-15-30-55(50)63(56,44-21-7-3-8-22-44)45-23-9-4-10-24-45/h2-41H,1H3. The summed E-state index contributed by atoms with van der Waals surface area (Å²) in [7, 11) is 0. The molecule has 306 valence electrons. The van der Waals surface area contributed by atoms with Gasteiger partial charge < -0.3 is 9.32 Å². The Labute approximate surface area is 379 Å². The average Bonchev–Trinajstić information content (AvgIpc) is 4.00. The minimum atomic E-state index is -0.527. The van der Waals surface area contributed by atoms with Crippen LogP contribution < -0.4 is 4.90 Å². The van der Waals surface area contributed by atoms with Crippen molar-refractivity contribution in [2.45, 2.75) is 17.8 Å². The zero-order valence-corrected chi connectivity index (χ0v) is 35.9. The molecular weight excluding hydrogens is 787 g/mol. The lowest BCUT2D eigenvalue weighted by molar-refractivity contribution is 0.669. The summed E-state index contributed by atoms with van der Waals surface area (Å²) in [6.45, 7) is 2.39. The summed E-state index contributed by atoms with van der Waals surface area (Å²) in [6, 6.07) is 89.2. The molecule has 0 amide bonds. The van der Waals surface area contributed by atoms with E-state index in [4.69, 9.17) is 4.42 Å². The Bertz CT molecular complexity index is 3570. The number of para-hydroxylation sites is 1. The van der Waals surface area contributed by atoms with Gasteiger partial charge in [-0.3, -0.25) is 0 Å². The maximum atomic E-state index is 6.34. The predicted octanol–water partition coefficient (Wildman–Crippen LogP) is 16.4. The lowest BCUT2D eigenvalue weighted by Crippen LogP contribution is -2.28. The van der Waals surface area contributed by atoms with Crippen LogP contribution in [-0.2, 0) is 10.8 Å². The summed E-state index contributed by atoms with van der Waals surface area (Å²) in [5.41, 5.74) is 20.6. The molecule has 10 aromatic carbocycles. The van der Waals surface area contributed by atoms with Crippen LogP contribution in [-0.4, -0.2) is 0 Å². The van der Waals surface area contributed by atoms with E-state index in [9.17, 15) is 0 Å². The summed E-state index contributed by atoms with van der Waals surface area (Å²) >= 11 is 0. The molecule has 0 spiro atoms. The first-order valence-electron chi connectivity index (χ1n) is 22.6. The number of fused-ring (bicyclic) bond motifs is 9. The Morgan fingerprint density at radius 2 is 0.908 bits per heavy atom. The minimum Gasteiger partial charge on any atom is -0.456 e. The maximum absolute atomic E-state index is 6.34. The van der Waals surface area contributed by atoms with E-state index < -0.39 is 5.41 Å². The third kappa shape index (κ3) is 5.35. The van der Waals surface area contributed by atoms with Crippen LogP contribution in [0.4, 0.5) is 17.1 Å². The van der Waals surface area contributed by atoms with Crippen molar-refractivity contribution in [2.24, 2.45) is 0 Å². The smallest absolute Gasteiger partial charge is 0.136 e. The molecule has 13 rings (SSSR count). The summed E-state index contributed by atoms with van der Waals surface area (Å²) in [6.07, 6.45) is 0. The van der Waals surface area contributed by atoms with E-state index in [1.165, 1.54) is 61.2 Å². The molecule has 65 heavy (non-hydrogen) atoms. The third-order valence-electron chi connectivity index (χ3n) is 14.4. The number of hydrogen-bond acceptors (Lipinski definition) is 2. The Morgan fingerprint density at radius 1 is 0.369 bits per heavy atom. The maximum Gasteiger partial charge on any atom is 0.136 e. The van der Waals surface area contributed by atoms with Gasteiger partial charge >= 0.3 is 0 Å². The Balaban J connectivity index is 1.06. The van der Waals surface area contributed by atoms with Gasteiger partial charge in [-0.2, -0.15) is 0 Å². The Hall–Kier alpha value is -8.20. The number of nitrogens with zero attached hydrogens (tertiary/aromatic N) is 1. The van der Waals surface area contributed by atoms with E-state index in [1.54, 1.807) is 0 Å². The molecule has 2 nitrogen and oxygen atoms in total. The highest BCUT2D eigenvalue weighted by molar-refractivity contribution is 6.12. The van der Waals surface area contributed by atoms with Crippen LogP contribution in [0.5, 0.6) is 0 Å². The molecule has 1 unspecified atom stereocenters. The fourth-order valence-electron chi connectivity index (χ4n) is 11.6. The summed E-state index contributed by atoms with van der Waals surface area (Å²) in [5.74, 6) is 0. The molecule has 2 aliphatic carbocycles. The van der Waals surface area contributed by atoms with Crippen molar-refractivity contribution in [3.8, 4) is 33.4 Å². The second-order valence-electron chi connectivity index (χ2n) is 17.7. The number of rotatable bonds is 7. The molecule has 0 aliphatic heterocycles. The normalized spacial score (nSPS) is 15.3. The highest BCUT2D eigenvalue weighted by Gasteiger charge is 2.47. The fraction of sp³-hybridized carbons (Fsp3) is 0.0476. The monoisotopic (exact) mass is 829 g/mol. The van der Waals surface area contributed by atoms with Crippen LogP contribution in [0, 0.1) is 0 Å². The molecule has 0 N–H and O–H groups in total. The van der Waals surface area contributed by atoms with Crippen LogP contribution in [0.2, 0.25) is 0 Å². The van der Waals surface area contributed by atoms with Gasteiger partial charge in [0.25, 0.3) is 0 Å². The lowest BCUT2D eigenvalue weighted by Gasteiger charge is -2.34. The van der Waals surface area contributed by atoms with Crippen molar-refractivity contribution in [3.63, 3.8) is 0 Å². The van der Waals surface area contributed by atoms with E-state index in [0.29, 0.717) is 0 Å². The molecule has 0 bridgehead atoms. The van der Waals surface area contributed by atoms with Crippen LogP contribution in [0.3, 0.4) is 0 Å². The molecule has 1 atom stereocenters. The first kappa shape index (κ1) is 37.4. The lowest BCUT2D eigenvalue weighted by atomic mass is 9.68. The summed E-state index contributed by atoms with van der Waals surface area (Å²) < 4.78 is 6.34. The molecule has 1 heterocycles. The fourth-order valence-corrected chi connectivity index (χ4v) is 11.6. The second-order valence-corrected chi connectivity index (χ2v) is 17.7. The Kier molecular flexibility index (Phi) is 8.29. The first-order chi connectivity index (χ1) is 32.1. The van der Waals surface area contributed by atoms with Crippen LogP contribution in [0.25, 0.3) is 55.3 Å². The third-order valence-corrected chi connectivity index (χ3v) is 14.4. The van der Waals surface area contributed by atoms with Gasteiger partial charge in [0.05, 0.1) is 11.1 Å². The topological polar surface area (TPSA) is 16.4 Å². The highest BCUT2D eigenvalue weighted by atomic mass is 16.3. The SMILES string of the molecule is CC1(c2ccccc2)c2ccccc2-c2cc(N(c3ccc(-c4cccc5oc6ccccc6c45)cc3)c3cccc4c3-c3ccccc3C4(c3ccccc3)c3ccccc3)ccc21. The minimum absolute atomic E-state index is 0.297. The molecule has 0 saturated heterocycles. The summed E-state index contributed by atoms with van der Waals surface area (Å²) in [4.78, 5) is 2.50. The molecule has 1 aromatic heterocycles. The average molecular weight is 830 g/mol.